The summed E-state index contributed by atoms with van der Waals surface area (Å²) >= 11 is 0. The zero-order valence-corrected chi connectivity index (χ0v) is 26.8. The summed E-state index contributed by atoms with van der Waals surface area (Å²) in [4.78, 5) is 0. The molecule has 4 atom stereocenters. The van der Waals surface area contributed by atoms with Gasteiger partial charge in [0.25, 0.3) is 0 Å². The lowest BCUT2D eigenvalue weighted by Crippen LogP contribution is -2.52. The maximum absolute atomic E-state index is 11.8. The molecule has 0 aliphatic heterocycles. The van der Waals surface area contributed by atoms with Crippen LogP contribution in [0.15, 0.2) is 152 Å². The van der Waals surface area contributed by atoms with Crippen molar-refractivity contribution in [3.05, 3.63) is 179 Å². The molecule has 6 nitrogen and oxygen atoms in total. The van der Waals surface area contributed by atoms with Gasteiger partial charge in [-0.15, -0.1) is 0 Å². The summed E-state index contributed by atoms with van der Waals surface area (Å²) in [5.41, 5.74) is 5.28. The average molecular weight is 632 g/mol. The summed E-state index contributed by atoms with van der Waals surface area (Å²) in [5.74, 6) is 0. The maximum Gasteiger partial charge on any atom is 0.115 e. The fourth-order valence-electron chi connectivity index (χ4n) is 5.34. The zero-order chi connectivity index (χ0) is 32.4. The Bertz CT molecular complexity index is 1510. The lowest BCUT2D eigenvalue weighted by molar-refractivity contribution is -0.186. The molecule has 5 aromatic carbocycles. The molecule has 0 fully saturated rings. The summed E-state index contributed by atoms with van der Waals surface area (Å²) in [6.07, 6.45) is -2.84. The second kappa shape index (κ2) is 19.5. The predicted molar refractivity (Wildman–Crippen MR) is 185 cm³/mol. The maximum atomic E-state index is 11.8. The van der Waals surface area contributed by atoms with Crippen molar-refractivity contribution in [3.8, 4) is 0 Å². The Labute approximate surface area is 278 Å². The number of nitrogens with one attached hydrogen (secondary N) is 1. The van der Waals surface area contributed by atoms with Gasteiger partial charge in [-0.3, -0.25) is 0 Å². The van der Waals surface area contributed by atoms with Crippen molar-refractivity contribution in [2.45, 2.75) is 57.4 Å². The minimum atomic E-state index is -0.986. The largest absolute Gasteiger partial charge is 0.388 e. The van der Waals surface area contributed by atoms with Gasteiger partial charge in [0.05, 0.1) is 39.1 Å². The monoisotopic (exact) mass is 631 g/mol. The second-order valence-corrected chi connectivity index (χ2v) is 11.5. The molecule has 0 saturated heterocycles. The van der Waals surface area contributed by atoms with Crippen LogP contribution >= 0.6 is 0 Å². The summed E-state index contributed by atoms with van der Waals surface area (Å²) < 4.78 is 26.0. The van der Waals surface area contributed by atoms with E-state index in [4.69, 9.17) is 18.9 Å². The topological polar surface area (TPSA) is 69.2 Å². The lowest BCUT2D eigenvalue weighted by atomic mass is 10.0. The van der Waals surface area contributed by atoms with Crippen molar-refractivity contribution in [2.75, 3.05) is 13.2 Å². The quantitative estimate of drug-likeness (QED) is 0.0955. The number of hydrogen-bond acceptors (Lipinski definition) is 6. The van der Waals surface area contributed by atoms with Crippen LogP contribution in [0.4, 0.5) is 0 Å². The highest BCUT2D eigenvalue weighted by atomic mass is 16.6. The van der Waals surface area contributed by atoms with E-state index in [2.05, 4.69) is 17.4 Å². The first-order chi connectivity index (χ1) is 23.2. The lowest BCUT2D eigenvalue weighted by Gasteiger charge is -2.36. The first-order valence-electron chi connectivity index (χ1n) is 16.3. The number of rotatable bonds is 20. The molecule has 47 heavy (non-hydrogen) atoms. The molecule has 6 heteroatoms. The van der Waals surface area contributed by atoms with Crippen molar-refractivity contribution in [1.29, 1.82) is 0 Å². The molecule has 5 aromatic rings. The van der Waals surface area contributed by atoms with E-state index in [1.807, 2.05) is 140 Å². The van der Waals surface area contributed by atoms with Gasteiger partial charge >= 0.3 is 0 Å². The van der Waals surface area contributed by atoms with Gasteiger partial charge in [0, 0.05) is 13.1 Å². The number of aliphatic hydroxyl groups is 1. The van der Waals surface area contributed by atoms with E-state index in [9.17, 15) is 5.11 Å². The molecule has 0 radical (unpaired) electrons. The number of aliphatic hydroxyl groups excluding tert-OH is 1. The van der Waals surface area contributed by atoms with Crippen molar-refractivity contribution in [1.82, 2.24) is 5.32 Å². The average Bonchev–Trinajstić information content (AvgIpc) is 3.13. The van der Waals surface area contributed by atoms with Gasteiger partial charge in [-0.05, 0) is 27.8 Å². The van der Waals surface area contributed by atoms with Crippen LogP contribution < -0.4 is 5.32 Å². The fraction of sp³-hybridized carbons (Fsp3) is 0.268. The predicted octanol–water partition coefficient (Wildman–Crippen LogP) is 7.11. The van der Waals surface area contributed by atoms with Crippen molar-refractivity contribution in [3.63, 3.8) is 0 Å². The summed E-state index contributed by atoms with van der Waals surface area (Å²) in [5, 5.41) is 15.3. The Morgan fingerprint density at radius 2 is 0.830 bits per heavy atom. The Morgan fingerprint density at radius 3 is 1.30 bits per heavy atom. The number of benzene rings is 5. The van der Waals surface area contributed by atoms with Crippen molar-refractivity contribution < 1.29 is 24.1 Å². The molecular formula is C41H45NO5. The van der Waals surface area contributed by atoms with Gasteiger partial charge in [-0.25, -0.2) is 0 Å². The Morgan fingerprint density at radius 1 is 0.447 bits per heavy atom. The minimum Gasteiger partial charge on any atom is -0.388 e. The van der Waals surface area contributed by atoms with Gasteiger partial charge < -0.3 is 29.4 Å². The molecule has 0 amide bonds. The first-order valence-corrected chi connectivity index (χ1v) is 16.3. The van der Waals surface area contributed by atoms with E-state index in [0.29, 0.717) is 39.5 Å². The SMILES string of the molecule is O[C@H](COCc1ccccc1)[C@@H](OCc1ccccc1)[C@H](OCc1ccccc1)[C@H](CNCc1ccccc1)OCc1ccccc1. The van der Waals surface area contributed by atoms with Gasteiger partial charge in [-0.2, -0.15) is 0 Å². The smallest absolute Gasteiger partial charge is 0.115 e. The first kappa shape index (κ1) is 34.2. The third-order valence-electron chi connectivity index (χ3n) is 7.86. The third-order valence-corrected chi connectivity index (χ3v) is 7.86. The van der Waals surface area contributed by atoms with E-state index in [-0.39, 0.29) is 6.61 Å². The van der Waals surface area contributed by atoms with Crippen LogP contribution in [-0.4, -0.2) is 42.7 Å². The molecule has 0 bridgehead atoms. The van der Waals surface area contributed by atoms with Gasteiger partial charge in [0.15, 0.2) is 0 Å². The van der Waals surface area contributed by atoms with Crippen LogP contribution in [0, 0.1) is 0 Å². The molecule has 0 saturated carbocycles. The van der Waals surface area contributed by atoms with Crippen LogP contribution in [0.5, 0.6) is 0 Å². The van der Waals surface area contributed by atoms with E-state index in [1.165, 1.54) is 5.56 Å². The van der Waals surface area contributed by atoms with Crippen molar-refractivity contribution >= 4 is 0 Å². The van der Waals surface area contributed by atoms with Gasteiger partial charge in [0.2, 0.25) is 0 Å². The Hall–Kier alpha value is -4.14. The zero-order valence-electron chi connectivity index (χ0n) is 26.8. The summed E-state index contributed by atoms with van der Waals surface area (Å²) in [7, 11) is 0. The molecule has 5 rings (SSSR count). The highest BCUT2D eigenvalue weighted by Gasteiger charge is 2.37. The van der Waals surface area contributed by atoms with E-state index in [1.54, 1.807) is 0 Å². The van der Waals surface area contributed by atoms with E-state index < -0.39 is 24.4 Å². The second-order valence-electron chi connectivity index (χ2n) is 11.5. The van der Waals surface area contributed by atoms with Crippen LogP contribution in [0.3, 0.4) is 0 Å². The molecule has 244 valence electrons. The van der Waals surface area contributed by atoms with Crippen LogP contribution in [0.25, 0.3) is 0 Å². The van der Waals surface area contributed by atoms with Crippen LogP contribution in [-0.2, 0) is 51.9 Å². The Kier molecular flexibility index (Phi) is 14.2. The normalized spacial score (nSPS) is 13.9. The minimum absolute atomic E-state index is 0.0718. The molecule has 0 spiro atoms. The summed E-state index contributed by atoms with van der Waals surface area (Å²) in [6.45, 7) is 2.61. The molecule has 0 heterocycles. The number of hydrogen-bond donors (Lipinski definition) is 2. The molecule has 0 unspecified atom stereocenters. The molecule has 0 aliphatic carbocycles. The highest BCUT2D eigenvalue weighted by Crippen LogP contribution is 2.22. The molecule has 0 aliphatic rings. The van der Waals surface area contributed by atoms with Gasteiger partial charge in [0.1, 0.15) is 18.3 Å². The fourth-order valence-corrected chi connectivity index (χ4v) is 5.34. The van der Waals surface area contributed by atoms with E-state index in [0.717, 1.165) is 22.3 Å². The highest BCUT2D eigenvalue weighted by molar-refractivity contribution is 5.17. The molecular weight excluding hydrogens is 586 g/mol. The van der Waals surface area contributed by atoms with E-state index >= 15 is 0 Å². The van der Waals surface area contributed by atoms with Gasteiger partial charge in [-0.1, -0.05) is 152 Å². The van der Waals surface area contributed by atoms with Crippen LogP contribution in [0.1, 0.15) is 27.8 Å². The third kappa shape index (κ3) is 11.9. The summed E-state index contributed by atoms with van der Waals surface area (Å²) in [6, 6.07) is 50.3. The number of ether oxygens (including phenoxy) is 4. The standard InChI is InChI=1S/C41H45NO5/c43-38(32-44-28-34-18-8-2-9-19-34)40(46-30-36-22-12-4-13-23-36)41(47-31-37-24-14-5-15-25-37)39(45-29-35-20-10-3-11-21-35)27-42-26-33-16-6-1-7-17-33/h1-25,38-43H,26-32H2/t38-,39+,40-,41-/m1/s1. The molecule has 2 N–H and O–H groups in total. The Balaban J connectivity index is 1.40. The van der Waals surface area contributed by atoms with Crippen molar-refractivity contribution in [2.24, 2.45) is 0 Å². The molecule has 0 aromatic heterocycles. The van der Waals surface area contributed by atoms with Crippen LogP contribution in [0.2, 0.25) is 0 Å².